The van der Waals surface area contributed by atoms with Crippen LogP contribution in [0.1, 0.15) is 33.1 Å². The SMILES string of the molecule is CCCCN(CC(NCCC)C(=O)OC)c1ccccc1. The fourth-order valence-corrected chi connectivity index (χ4v) is 2.22. The monoisotopic (exact) mass is 292 g/mol. The molecular formula is C17H28N2O2. The van der Waals surface area contributed by atoms with Crippen molar-refractivity contribution >= 4 is 11.7 Å². The number of esters is 1. The minimum Gasteiger partial charge on any atom is -0.468 e. The lowest BCUT2D eigenvalue weighted by atomic mass is 10.2. The first-order chi connectivity index (χ1) is 10.2. The van der Waals surface area contributed by atoms with Crippen LogP contribution >= 0.6 is 0 Å². The molecule has 1 atom stereocenters. The third-order valence-corrected chi connectivity index (χ3v) is 3.43. The topological polar surface area (TPSA) is 41.6 Å². The number of methoxy groups -OCH3 is 1. The first-order valence-corrected chi connectivity index (χ1v) is 7.84. The van der Waals surface area contributed by atoms with Gasteiger partial charge < -0.3 is 15.0 Å². The lowest BCUT2D eigenvalue weighted by molar-refractivity contribution is -0.142. The van der Waals surface area contributed by atoms with E-state index < -0.39 is 0 Å². The van der Waals surface area contributed by atoms with Crippen LogP contribution in [0.15, 0.2) is 30.3 Å². The lowest BCUT2D eigenvalue weighted by Gasteiger charge is -2.29. The third kappa shape index (κ3) is 6.17. The van der Waals surface area contributed by atoms with Crippen LogP contribution in [0.5, 0.6) is 0 Å². The second-order valence-corrected chi connectivity index (χ2v) is 5.16. The molecule has 1 unspecified atom stereocenters. The highest BCUT2D eigenvalue weighted by atomic mass is 16.5. The minimum absolute atomic E-state index is 0.194. The van der Waals surface area contributed by atoms with Crippen molar-refractivity contribution in [3.63, 3.8) is 0 Å². The molecular weight excluding hydrogens is 264 g/mol. The van der Waals surface area contributed by atoms with Gasteiger partial charge in [-0.3, -0.25) is 4.79 Å². The van der Waals surface area contributed by atoms with Gasteiger partial charge in [0.05, 0.1) is 7.11 Å². The Morgan fingerprint density at radius 2 is 1.95 bits per heavy atom. The van der Waals surface area contributed by atoms with Gasteiger partial charge in [-0.2, -0.15) is 0 Å². The van der Waals surface area contributed by atoms with E-state index in [1.54, 1.807) is 0 Å². The molecule has 0 aliphatic heterocycles. The molecule has 0 spiro atoms. The third-order valence-electron chi connectivity index (χ3n) is 3.43. The summed E-state index contributed by atoms with van der Waals surface area (Å²) in [7, 11) is 1.45. The van der Waals surface area contributed by atoms with Gasteiger partial charge in [-0.25, -0.2) is 0 Å². The molecule has 0 amide bonds. The molecule has 0 heterocycles. The predicted octanol–water partition coefficient (Wildman–Crippen LogP) is 2.83. The fourth-order valence-electron chi connectivity index (χ4n) is 2.22. The molecule has 1 aromatic rings. The van der Waals surface area contributed by atoms with Gasteiger partial charge in [-0.15, -0.1) is 0 Å². The Morgan fingerprint density at radius 1 is 1.24 bits per heavy atom. The van der Waals surface area contributed by atoms with E-state index in [-0.39, 0.29) is 12.0 Å². The molecule has 21 heavy (non-hydrogen) atoms. The Balaban J connectivity index is 2.78. The summed E-state index contributed by atoms with van der Waals surface area (Å²) in [4.78, 5) is 14.2. The largest absolute Gasteiger partial charge is 0.468 e. The summed E-state index contributed by atoms with van der Waals surface area (Å²) in [6.07, 6.45) is 3.24. The number of nitrogens with one attached hydrogen (secondary N) is 1. The number of ether oxygens (including phenoxy) is 1. The van der Waals surface area contributed by atoms with E-state index in [1.807, 2.05) is 18.2 Å². The number of benzene rings is 1. The molecule has 0 aliphatic carbocycles. The van der Waals surface area contributed by atoms with Crippen molar-refractivity contribution in [1.29, 1.82) is 0 Å². The van der Waals surface area contributed by atoms with Crippen molar-refractivity contribution in [3.05, 3.63) is 30.3 Å². The molecule has 1 rings (SSSR count). The highest BCUT2D eigenvalue weighted by Gasteiger charge is 2.21. The molecule has 1 aromatic carbocycles. The van der Waals surface area contributed by atoms with Gasteiger partial charge >= 0.3 is 5.97 Å². The normalized spacial score (nSPS) is 12.0. The maximum atomic E-state index is 11.9. The van der Waals surface area contributed by atoms with Gasteiger partial charge in [0.1, 0.15) is 6.04 Å². The van der Waals surface area contributed by atoms with Crippen molar-refractivity contribution in [2.45, 2.75) is 39.2 Å². The highest BCUT2D eigenvalue weighted by molar-refractivity contribution is 5.76. The number of hydrogen-bond donors (Lipinski definition) is 1. The Morgan fingerprint density at radius 3 is 2.52 bits per heavy atom. The maximum Gasteiger partial charge on any atom is 0.324 e. The van der Waals surface area contributed by atoms with E-state index in [4.69, 9.17) is 4.74 Å². The molecule has 1 N–H and O–H groups in total. The van der Waals surface area contributed by atoms with Crippen LogP contribution < -0.4 is 10.2 Å². The molecule has 0 saturated carbocycles. The van der Waals surface area contributed by atoms with Crippen LogP contribution in [0, 0.1) is 0 Å². The fraction of sp³-hybridized carbons (Fsp3) is 0.588. The van der Waals surface area contributed by atoms with Gasteiger partial charge in [0.15, 0.2) is 0 Å². The van der Waals surface area contributed by atoms with Crippen molar-refractivity contribution in [2.24, 2.45) is 0 Å². The zero-order valence-electron chi connectivity index (χ0n) is 13.5. The molecule has 0 saturated heterocycles. The maximum absolute atomic E-state index is 11.9. The second-order valence-electron chi connectivity index (χ2n) is 5.16. The zero-order chi connectivity index (χ0) is 15.5. The summed E-state index contributed by atoms with van der Waals surface area (Å²) >= 11 is 0. The van der Waals surface area contributed by atoms with Gasteiger partial charge in [-0.1, -0.05) is 38.5 Å². The minimum atomic E-state index is -0.285. The van der Waals surface area contributed by atoms with Crippen LogP contribution in [0.3, 0.4) is 0 Å². The summed E-state index contributed by atoms with van der Waals surface area (Å²) in [5.41, 5.74) is 1.15. The average molecular weight is 292 g/mol. The molecule has 118 valence electrons. The van der Waals surface area contributed by atoms with Crippen molar-refractivity contribution < 1.29 is 9.53 Å². The summed E-state index contributed by atoms with van der Waals surface area (Å²) in [5, 5.41) is 3.28. The number of anilines is 1. The van der Waals surface area contributed by atoms with Crippen molar-refractivity contribution in [1.82, 2.24) is 5.32 Å². The van der Waals surface area contributed by atoms with E-state index in [9.17, 15) is 4.79 Å². The van der Waals surface area contributed by atoms with E-state index in [0.717, 1.165) is 38.0 Å². The summed E-state index contributed by atoms with van der Waals surface area (Å²) in [6.45, 7) is 6.67. The zero-order valence-corrected chi connectivity index (χ0v) is 13.5. The number of carbonyl (C=O) groups excluding carboxylic acids is 1. The summed E-state index contributed by atoms with van der Waals surface area (Å²) in [6, 6.07) is 9.95. The van der Waals surface area contributed by atoms with Gasteiger partial charge in [0.25, 0.3) is 0 Å². The van der Waals surface area contributed by atoms with E-state index in [2.05, 4.69) is 36.2 Å². The van der Waals surface area contributed by atoms with Crippen LogP contribution in [0.2, 0.25) is 0 Å². The average Bonchev–Trinajstić information content (AvgIpc) is 2.54. The predicted molar refractivity (Wildman–Crippen MR) is 87.7 cm³/mol. The van der Waals surface area contributed by atoms with Crippen LogP contribution in [0.4, 0.5) is 5.69 Å². The highest BCUT2D eigenvalue weighted by Crippen LogP contribution is 2.15. The van der Waals surface area contributed by atoms with E-state index in [0.29, 0.717) is 6.54 Å². The summed E-state index contributed by atoms with van der Waals surface area (Å²) in [5.74, 6) is -0.194. The Hall–Kier alpha value is -1.55. The number of nitrogens with zero attached hydrogens (tertiary/aromatic N) is 1. The van der Waals surface area contributed by atoms with Crippen molar-refractivity contribution in [3.8, 4) is 0 Å². The first-order valence-electron chi connectivity index (χ1n) is 7.84. The summed E-state index contributed by atoms with van der Waals surface area (Å²) < 4.78 is 4.92. The number of hydrogen-bond acceptors (Lipinski definition) is 4. The lowest BCUT2D eigenvalue weighted by Crippen LogP contribution is -2.47. The number of para-hydroxylation sites is 1. The van der Waals surface area contributed by atoms with Crippen molar-refractivity contribution in [2.75, 3.05) is 31.6 Å². The smallest absolute Gasteiger partial charge is 0.324 e. The quantitative estimate of drug-likeness (QED) is 0.673. The number of unbranched alkanes of at least 4 members (excludes halogenated alkanes) is 1. The molecule has 0 aliphatic rings. The molecule has 0 fully saturated rings. The van der Waals surface area contributed by atoms with Crippen LogP contribution in [0.25, 0.3) is 0 Å². The van der Waals surface area contributed by atoms with E-state index >= 15 is 0 Å². The molecule has 0 radical (unpaired) electrons. The first kappa shape index (κ1) is 17.5. The molecule has 0 bridgehead atoms. The number of carbonyl (C=O) groups is 1. The Bertz CT molecular complexity index is 395. The molecule has 4 heteroatoms. The van der Waals surface area contributed by atoms with Gasteiger partial charge in [0, 0.05) is 18.8 Å². The van der Waals surface area contributed by atoms with Crippen LogP contribution in [-0.4, -0.2) is 38.8 Å². The Kier molecular flexibility index (Phi) is 8.51. The van der Waals surface area contributed by atoms with Crippen LogP contribution in [-0.2, 0) is 9.53 Å². The van der Waals surface area contributed by atoms with E-state index in [1.165, 1.54) is 7.11 Å². The second kappa shape index (κ2) is 10.2. The standard InChI is InChI=1S/C17H28N2O2/c1-4-6-13-19(15-10-8-7-9-11-15)14-16(17(20)21-3)18-12-5-2/h7-11,16,18H,4-6,12-14H2,1-3H3. The number of rotatable bonds is 10. The van der Waals surface area contributed by atoms with Gasteiger partial charge in [-0.05, 0) is 31.5 Å². The molecule has 4 nitrogen and oxygen atoms in total. The molecule has 0 aromatic heterocycles. The Labute approximate surface area is 128 Å². The van der Waals surface area contributed by atoms with Gasteiger partial charge in [0.2, 0.25) is 0 Å².